The lowest BCUT2D eigenvalue weighted by molar-refractivity contribution is -0.383. The van der Waals surface area contributed by atoms with Crippen LogP contribution in [0.3, 0.4) is 0 Å². The van der Waals surface area contributed by atoms with Crippen molar-refractivity contribution >= 4 is 44.1 Å². The number of benzene rings is 4. The van der Waals surface area contributed by atoms with Crippen molar-refractivity contribution in [1.82, 2.24) is 0 Å². The number of non-ortho nitro benzene ring substituents is 1. The molecular formula is C20H13NO2. The fourth-order valence-electron chi connectivity index (χ4n) is 3.95. The molecule has 0 aliphatic heterocycles. The van der Waals surface area contributed by atoms with E-state index in [1.807, 2.05) is 18.2 Å². The van der Waals surface area contributed by atoms with Crippen LogP contribution in [0.15, 0.2) is 48.5 Å². The zero-order valence-electron chi connectivity index (χ0n) is 12.4. The maximum absolute atomic E-state index is 11.4. The normalized spacial score (nSPS) is 13.9. The average Bonchev–Trinajstić information content (AvgIpc) is 2.58. The Morgan fingerprint density at radius 1 is 0.913 bits per heavy atom. The maximum atomic E-state index is 11.4. The van der Waals surface area contributed by atoms with E-state index in [2.05, 4.69) is 30.4 Å². The zero-order valence-corrected chi connectivity index (χ0v) is 12.4. The second kappa shape index (κ2) is 4.29. The van der Waals surface area contributed by atoms with Crippen molar-refractivity contribution in [3.8, 4) is 0 Å². The second-order valence-electron chi connectivity index (χ2n) is 6.15. The van der Waals surface area contributed by atoms with Crippen molar-refractivity contribution in [3.63, 3.8) is 0 Å². The van der Waals surface area contributed by atoms with E-state index in [0.717, 1.165) is 34.4 Å². The van der Waals surface area contributed by atoms with Crippen LogP contribution >= 0.6 is 0 Å². The van der Waals surface area contributed by atoms with E-state index in [0.29, 0.717) is 0 Å². The number of fused-ring (bicyclic) bond motifs is 2. The number of nitro benzene ring substituents is 1. The summed E-state index contributed by atoms with van der Waals surface area (Å²) in [5, 5.41) is 17.7. The highest BCUT2D eigenvalue weighted by molar-refractivity contribution is 6.26. The highest BCUT2D eigenvalue weighted by Gasteiger charge is 2.19. The first-order chi connectivity index (χ1) is 11.2. The van der Waals surface area contributed by atoms with Crippen molar-refractivity contribution in [3.05, 3.63) is 69.8 Å². The molecule has 0 N–H and O–H groups in total. The van der Waals surface area contributed by atoms with Gasteiger partial charge in [0, 0.05) is 11.5 Å². The molecule has 0 unspecified atom stereocenters. The van der Waals surface area contributed by atoms with Gasteiger partial charge < -0.3 is 0 Å². The molecule has 4 aromatic carbocycles. The van der Waals surface area contributed by atoms with Gasteiger partial charge in [0.2, 0.25) is 0 Å². The van der Waals surface area contributed by atoms with Crippen molar-refractivity contribution < 1.29 is 4.92 Å². The van der Waals surface area contributed by atoms with Gasteiger partial charge in [0.05, 0.1) is 10.3 Å². The maximum Gasteiger partial charge on any atom is 0.277 e. The van der Waals surface area contributed by atoms with Crippen LogP contribution in [0.2, 0.25) is 0 Å². The topological polar surface area (TPSA) is 43.1 Å². The Kier molecular flexibility index (Phi) is 2.35. The fraction of sp³-hybridized carbons (Fsp3) is 0.100. The Bertz CT molecular complexity index is 1140. The number of hydrogen-bond donors (Lipinski definition) is 0. The molecule has 1 aliphatic rings. The molecule has 0 spiro atoms. The van der Waals surface area contributed by atoms with Crippen LogP contribution in [0.25, 0.3) is 38.4 Å². The van der Waals surface area contributed by atoms with E-state index < -0.39 is 0 Å². The van der Waals surface area contributed by atoms with Crippen molar-refractivity contribution in [2.45, 2.75) is 12.8 Å². The lowest BCUT2D eigenvalue weighted by Gasteiger charge is -2.18. The van der Waals surface area contributed by atoms with E-state index in [1.54, 1.807) is 6.07 Å². The summed E-state index contributed by atoms with van der Waals surface area (Å²) in [6.07, 6.45) is 6.54. The minimum Gasteiger partial charge on any atom is -0.258 e. The number of nitro groups is 1. The molecule has 0 atom stereocenters. The Hall–Kier alpha value is -2.94. The lowest BCUT2D eigenvalue weighted by Crippen LogP contribution is -1.97. The zero-order chi connectivity index (χ0) is 15.6. The summed E-state index contributed by atoms with van der Waals surface area (Å²) in [7, 11) is 0. The van der Waals surface area contributed by atoms with Crippen LogP contribution in [0.4, 0.5) is 5.69 Å². The van der Waals surface area contributed by atoms with Gasteiger partial charge in [-0.3, -0.25) is 10.1 Å². The highest BCUT2D eigenvalue weighted by Crippen LogP contribution is 2.41. The minimum atomic E-state index is -0.290. The Morgan fingerprint density at radius 2 is 1.65 bits per heavy atom. The first kappa shape index (κ1) is 12.6. The first-order valence-electron chi connectivity index (χ1n) is 7.78. The van der Waals surface area contributed by atoms with Crippen LogP contribution in [0, 0.1) is 10.1 Å². The number of rotatable bonds is 1. The molecule has 0 amide bonds. The summed E-state index contributed by atoms with van der Waals surface area (Å²) in [5.74, 6) is 0. The molecule has 3 nitrogen and oxygen atoms in total. The largest absolute Gasteiger partial charge is 0.277 e. The quantitative estimate of drug-likeness (QED) is 0.266. The smallest absolute Gasteiger partial charge is 0.258 e. The molecule has 110 valence electrons. The molecular weight excluding hydrogens is 286 g/mol. The molecule has 4 aromatic rings. The Morgan fingerprint density at radius 3 is 2.52 bits per heavy atom. The third kappa shape index (κ3) is 1.59. The molecule has 0 bridgehead atoms. The molecule has 0 fully saturated rings. The standard InChI is InChI=1S/C20H13NO2/c22-21(23)18-10-7-12-5-8-16-15-4-2-1-3-13(15)11-14-6-9-17(18)19(12)20(14)16/h2,4-11H,1,3H2. The van der Waals surface area contributed by atoms with Gasteiger partial charge in [0.1, 0.15) is 0 Å². The van der Waals surface area contributed by atoms with Crippen LogP contribution in [-0.4, -0.2) is 4.92 Å². The fourth-order valence-corrected chi connectivity index (χ4v) is 3.95. The molecule has 0 radical (unpaired) electrons. The highest BCUT2D eigenvalue weighted by atomic mass is 16.6. The molecule has 0 aromatic heterocycles. The SMILES string of the molecule is O=[N+]([O-])c1ccc2ccc3c4c(cc5ccc1c2c53)CCC=C4. The van der Waals surface area contributed by atoms with Gasteiger partial charge >= 0.3 is 0 Å². The molecule has 0 heterocycles. The van der Waals surface area contributed by atoms with E-state index in [9.17, 15) is 10.1 Å². The number of hydrogen-bond acceptors (Lipinski definition) is 2. The van der Waals surface area contributed by atoms with E-state index in [4.69, 9.17) is 0 Å². The monoisotopic (exact) mass is 299 g/mol. The molecule has 1 aliphatic carbocycles. The van der Waals surface area contributed by atoms with E-state index in [-0.39, 0.29) is 10.6 Å². The van der Waals surface area contributed by atoms with Gasteiger partial charge in [-0.1, -0.05) is 36.4 Å². The van der Waals surface area contributed by atoms with Crippen molar-refractivity contribution in [2.75, 3.05) is 0 Å². The van der Waals surface area contributed by atoms with Gasteiger partial charge in [-0.25, -0.2) is 0 Å². The third-order valence-electron chi connectivity index (χ3n) is 4.95. The number of allylic oxidation sites excluding steroid dienone is 1. The number of nitrogens with zero attached hydrogens (tertiary/aromatic N) is 1. The predicted octanol–water partition coefficient (Wildman–Crippen LogP) is 5.45. The van der Waals surface area contributed by atoms with Crippen molar-refractivity contribution in [2.24, 2.45) is 0 Å². The van der Waals surface area contributed by atoms with Crippen LogP contribution in [0.5, 0.6) is 0 Å². The van der Waals surface area contributed by atoms with Crippen LogP contribution < -0.4 is 0 Å². The summed E-state index contributed by atoms with van der Waals surface area (Å²) in [5.41, 5.74) is 2.82. The third-order valence-corrected chi connectivity index (χ3v) is 4.95. The molecule has 0 saturated heterocycles. The Balaban J connectivity index is 2.07. The summed E-state index contributed by atoms with van der Waals surface area (Å²) in [6, 6.07) is 13.9. The molecule has 23 heavy (non-hydrogen) atoms. The van der Waals surface area contributed by atoms with Crippen molar-refractivity contribution in [1.29, 1.82) is 0 Å². The summed E-state index contributed by atoms with van der Waals surface area (Å²) in [6.45, 7) is 0. The Labute approximate surface area is 132 Å². The van der Waals surface area contributed by atoms with Gasteiger partial charge in [-0.2, -0.15) is 0 Å². The summed E-state index contributed by atoms with van der Waals surface area (Å²) < 4.78 is 0. The van der Waals surface area contributed by atoms with E-state index >= 15 is 0 Å². The van der Waals surface area contributed by atoms with Gasteiger partial charge in [0.25, 0.3) is 5.69 Å². The van der Waals surface area contributed by atoms with Crippen LogP contribution in [0.1, 0.15) is 17.5 Å². The van der Waals surface area contributed by atoms with Gasteiger partial charge in [-0.05, 0) is 57.6 Å². The average molecular weight is 299 g/mol. The molecule has 3 heteroatoms. The first-order valence-corrected chi connectivity index (χ1v) is 7.78. The summed E-state index contributed by atoms with van der Waals surface area (Å²) in [4.78, 5) is 11.1. The predicted molar refractivity (Wildman–Crippen MR) is 94.2 cm³/mol. The second-order valence-corrected chi connectivity index (χ2v) is 6.15. The number of aryl methyl sites for hydroxylation is 1. The lowest BCUT2D eigenvalue weighted by atomic mass is 9.86. The molecule has 0 saturated carbocycles. The molecule has 5 rings (SSSR count). The van der Waals surface area contributed by atoms with Crippen LogP contribution in [-0.2, 0) is 6.42 Å². The summed E-state index contributed by atoms with van der Waals surface area (Å²) >= 11 is 0. The van der Waals surface area contributed by atoms with Gasteiger partial charge in [-0.15, -0.1) is 0 Å². The van der Waals surface area contributed by atoms with Gasteiger partial charge in [0.15, 0.2) is 0 Å². The van der Waals surface area contributed by atoms with E-state index in [1.165, 1.54) is 21.9 Å². The minimum absolute atomic E-state index is 0.181.